The molecule has 0 aliphatic carbocycles. The monoisotopic (exact) mass is 377 g/mol. The first kappa shape index (κ1) is 18.2. The van der Waals surface area contributed by atoms with Crippen LogP contribution in [0.2, 0.25) is 0 Å². The molecule has 4 rings (SSSR count). The molecule has 1 saturated heterocycles. The molecule has 3 aromatic heterocycles. The molecule has 28 heavy (non-hydrogen) atoms. The molecule has 0 bridgehead atoms. The van der Waals surface area contributed by atoms with E-state index in [2.05, 4.69) is 21.8 Å². The molecule has 1 aliphatic rings. The topological polar surface area (TPSA) is 75.4 Å². The summed E-state index contributed by atoms with van der Waals surface area (Å²) < 4.78 is 5.47. The first-order chi connectivity index (χ1) is 13.6. The van der Waals surface area contributed by atoms with E-state index in [1.165, 1.54) is 0 Å². The second kappa shape index (κ2) is 7.80. The minimum Gasteiger partial charge on any atom is -0.456 e. The van der Waals surface area contributed by atoms with Crippen LogP contribution in [-0.2, 0) is 6.42 Å². The number of furan rings is 1. The lowest BCUT2D eigenvalue weighted by atomic mass is 10.2. The molecule has 7 heteroatoms. The fraction of sp³-hybridized carbons (Fsp3) is 0.333. The first-order valence-electron chi connectivity index (χ1n) is 9.54. The van der Waals surface area contributed by atoms with E-state index < -0.39 is 0 Å². The van der Waals surface area contributed by atoms with Crippen LogP contribution in [0.5, 0.6) is 0 Å². The van der Waals surface area contributed by atoms with E-state index in [0.29, 0.717) is 37.8 Å². The Morgan fingerprint density at radius 3 is 2.57 bits per heavy atom. The van der Waals surface area contributed by atoms with E-state index in [1.807, 2.05) is 42.2 Å². The molecule has 0 radical (unpaired) electrons. The van der Waals surface area contributed by atoms with Crippen LogP contribution in [0.4, 0.5) is 5.82 Å². The second-order valence-electron chi connectivity index (χ2n) is 6.80. The number of hydrogen-bond donors (Lipinski definition) is 0. The van der Waals surface area contributed by atoms with Crippen molar-refractivity contribution in [3.8, 4) is 11.5 Å². The molecule has 7 nitrogen and oxygen atoms in total. The number of piperazine rings is 1. The number of carbonyl (C=O) groups excluding carboxylic acids is 1. The number of aryl methyl sites for hydroxylation is 2. The number of anilines is 1. The summed E-state index contributed by atoms with van der Waals surface area (Å²) in [4.78, 5) is 30.3. The van der Waals surface area contributed by atoms with Gasteiger partial charge in [0.1, 0.15) is 17.3 Å². The molecule has 1 amide bonds. The Labute approximate surface area is 164 Å². The summed E-state index contributed by atoms with van der Waals surface area (Å²) >= 11 is 0. The van der Waals surface area contributed by atoms with Gasteiger partial charge in [0.05, 0.1) is 0 Å². The SMILES string of the molecule is CCc1cc(N2CCN(C(=O)c3ccc(C)o3)CC2)nc(-c2ccccn2)n1. The maximum Gasteiger partial charge on any atom is 0.289 e. The van der Waals surface area contributed by atoms with Crippen LogP contribution in [0.3, 0.4) is 0 Å². The van der Waals surface area contributed by atoms with Crippen molar-refractivity contribution >= 4 is 11.7 Å². The lowest BCUT2D eigenvalue weighted by Crippen LogP contribution is -2.49. The molecule has 4 heterocycles. The second-order valence-corrected chi connectivity index (χ2v) is 6.80. The summed E-state index contributed by atoms with van der Waals surface area (Å²) in [6, 6.07) is 11.3. The van der Waals surface area contributed by atoms with E-state index in [0.717, 1.165) is 29.4 Å². The van der Waals surface area contributed by atoms with Crippen molar-refractivity contribution in [2.24, 2.45) is 0 Å². The Balaban J connectivity index is 1.50. The summed E-state index contributed by atoms with van der Waals surface area (Å²) in [5.74, 6) is 2.61. The minimum atomic E-state index is -0.0566. The maximum atomic E-state index is 12.6. The highest BCUT2D eigenvalue weighted by Crippen LogP contribution is 2.21. The minimum absolute atomic E-state index is 0.0566. The highest BCUT2D eigenvalue weighted by Gasteiger charge is 2.25. The van der Waals surface area contributed by atoms with Gasteiger partial charge in [-0.05, 0) is 37.6 Å². The number of carbonyl (C=O) groups is 1. The van der Waals surface area contributed by atoms with Crippen LogP contribution in [-0.4, -0.2) is 51.9 Å². The Hall–Kier alpha value is -3.22. The number of nitrogens with zero attached hydrogens (tertiary/aromatic N) is 5. The van der Waals surface area contributed by atoms with Gasteiger partial charge in [-0.3, -0.25) is 9.78 Å². The summed E-state index contributed by atoms with van der Waals surface area (Å²) in [6.07, 6.45) is 2.57. The normalized spacial score (nSPS) is 14.4. The molecular formula is C21H23N5O2. The summed E-state index contributed by atoms with van der Waals surface area (Å²) in [5, 5.41) is 0. The Morgan fingerprint density at radius 1 is 1.11 bits per heavy atom. The smallest absolute Gasteiger partial charge is 0.289 e. The third-order valence-electron chi connectivity index (χ3n) is 4.86. The average Bonchev–Trinajstić information content (AvgIpc) is 3.20. The van der Waals surface area contributed by atoms with Crippen molar-refractivity contribution in [1.82, 2.24) is 19.9 Å². The molecule has 0 aromatic carbocycles. The van der Waals surface area contributed by atoms with Gasteiger partial charge in [-0.2, -0.15) is 0 Å². The number of amides is 1. The lowest BCUT2D eigenvalue weighted by Gasteiger charge is -2.35. The molecule has 1 fully saturated rings. The Bertz CT molecular complexity index is 962. The van der Waals surface area contributed by atoms with Gasteiger partial charge in [0, 0.05) is 44.1 Å². The number of hydrogen-bond acceptors (Lipinski definition) is 6. The van der Waals surface area contributed by atoms with Crippen molar-refractivity contribution in [3.05, 3.63) is 59.8 Å². The molecule has 1 aliphatic heterocycles. The third-order valence-corrected chi connectivity index (χ3v) is 4.86. The van der Waals surface area contributed by atoms with Crippen molar-refractivity contribution in [2.75, 3.05) is 31.1 Å². The predicted octanol–water partition coefficient (Wildman–Crippen LogP) is 2.96. The average molecular weight is 377 g/mol. The predicted molar refractivity (Wildman–Crippen MR) is 106 cm³/mol. The van der Waals surface area contributed by atoms with E-state index in [4.69, 9.17) is 9.40 Å². The van der Waals surface area contributed by atoms with Crippen molar-refractivity contribution < 1.29 is 9.21 Å². The van der Waals surface area contributed by atoms with Gasteiger partial charge >= 0.3 is 0 Å². The standard InChI is InChI=1S/C21H23N5O2/c1-3-16-14-19(24-20(23-16)17-6-4-5-9-22-17)25-10-12-26(13-11-25)21(27)18-8-7-15(2)28-18/h4-9,14H,3,10-13H2,1-2H3. The highest BCUT2D eigenvalue weighted by molar-refractivity contribution is 5.91. The summed E-state index contributed by atoms with van der Waals surface area (Å²) in [7, 11) is 0. The first-order valence-corrected chi connectivity index (χ1v) is 9.54. The molecule has 3 aromatic rings. The van der Waals surface area contributed by atoms with Gasteiger partial charge in [-0.15, -0.1) is 0 Å². The van der Waals surface area contributed by atoms with Crippen molar-refractivity contribution in [3.63, 3.8) is 0 Å². The molecule has 0 N–H and O–H groups in total. The maximum absolute atomic E-state index is 12.6. The summed E-state index contributed by atoms with van der Waals surface area (Å²) in [6.45, 7) is 6.61. The van der Waals surface area contributed by atoms with Crippen LogP contribution in [0.1, 0.15) is 28.9 Å². The van der Waals surface area contributed by atoms with Gasteiger partial charge in [-0.1, -0.05) is 13.0 Å². The zero-order valence-electron chi connectivity index (χ0n) is 16.1. The number of rotatable bonds is 4. The zero-order chi connectivity index (χ0) is 19.5. The van der Waals surface area contributed by atoms with Gasteiger partial charge in [0.25, 0.3) is 5.91 Å². The Morgan fingerprint density at radius 2 is 1.93 bits per heavy atom. The van der Waals surface area contributed by atoms with Crippen LogP contribution in [0.25, 0.3) is 11.5 Å². The van der Waals surface area contributed by atoms with Gasteiger partial charge in [0.15, 0.2) is 11.6 Å². The van der Waals surface area contributed by atoms with Crippen LogP contribution >= 0.6 is 0 Å². The van der Waals surface area contributed by atoms with Crippen molar-refractivity contribution in [1.29, 1.82) is 0 Å². The van der Waals surface area contributed by atoms with E-state index >= 15 is 0 Å². The van der Waals surface area contributed by atoms with Crippen LogP contribution in [0.15, 0.2) is 47.0 Å². The quantitative estimate of drug-likeness (QED) is 0.696. The van der Waals surface area contributed by atoms with Crippen LogP contribution < -0.4 is 4.90 Å². The molecule has 144 valence electrons. The van der Waals surface area contributed by atoms with Crippen molar-refractivity contribution in [2.45, 2.75) is 20.3 Å². The van der Waals surface area contributed by atoms with E-state index in [-0.39, 0.29) is 5.91 Å². The Kier molecular flexibility index (Phi) is 5.06. The van der Waals surface area contributed by atoms with Gasteiger partial charge < -0.3 is 14.2 Å². The third kappa shape index (κ3) is 3.74. The molecule has 0 spiro atoms. The number of aromatic nitrogens is 3. The number of pyridine rings is 1. The zero-order valence-corrected chi connectivity index (χ0v) is 16.1. The van der Waals surface area contributed by atoms with Gasteiger partial charge in [0.2, 0.25) is 0 Å². The largest absolute Gasteiger partial charge is 0.456 e. The lowest BCUT2D eigenvalue weighted by molar-refractivity contribution is 0.0713. The molecule has 0 atom stereocenters. The van der Waals surface area contributed by atoms with Crippen LogP contribution in [0, 0.1) is 6.92 Å². The van der Waals surface area contributed by atoms with Gasteiger partial charge in [-0.25, -0.2) is 9.97 Å². The molecule has 0 unspecified atom stereocenters. The molecule has 0 saturated carbocycles. The molecular weight excluding hydrogens is 354 g/mol. The van der Waals surface area contributed by atoms with E-state index in [9.17, 15) is 4.79 Å². The highest BCUT2D eigenvalue weighted by atomic mass is 16.3. The summed E-state index contributed by atoms with van der Waals surface area (Å²) in [5.41, 5.74) is 1.75. The fourth-order valence-electron chi connectivity index (χ4n) is 3.28. The fourth-order valence-corrected chi connectivity index (χ4v) is 3.28. The van der Waals surface area contributed by atoms with E-state index in [1.54, 1.807) is 12.3 Å².